The molecule has 8 nitrogen and oxygen atoms in total. The summed E-state index contributed by atoms with van der Waals surface area (Å²) in [7, 11) is 3.28. The quantitative estimate of drug-likeness (QED) is 0.605. The molecule has 0 aromatic heterocycles. The molecule has 0 radical (unpaired) electrons. The van der Waals surface area contributed by atoms with E-state index < -0.39 is 6.04 Å². The van der Waals surface area contributed by atoms with Crippen LogP contribution in [0.3, 0.4) is 0 Å². The third-order valence-electron chi connectivity index (χ3n) is 3.42. The Kier molecular flexibility index (Phi) is 10.3. The fraction of sp³-hybridized carbons (Fsp3) is 0.471. The molecule has 26 heavy (non-hydrogen) atoms. The minimum atomic E-state index is -0.654. The summed E-state index contributed by atoms with van der Waals surface area (Å²) >= 11 is 0. The van der Waals surface area contributed by atoms with Crippen molar-refractivity contribution in [3.8, 4) is 5.75 Å². The van der Waals surface area contributed by atoms with Crippen molar-refractivity contribution >= 4 is 35.8 Å². The van der Waals surface area contributed by atoms with Crippen LogP contribution in [0.1, 0.15) is 13.8 Å². The summed E-state index contributed by atoms with van der Waals surface area (Å²) in [6, 6.07) is 6.00. The molecule has 1 rings (SSSR count). The summed E-state index contributed by atoms with van der Waals surface area (Å²) in [5.41, 5.74) is 6.21. The topological polar surface area (TPSA) is 114 Å². The average molecular weight is 387 g/mol. The van der Waals surface area contributed by atoms with Gasteiger partial charge in [0, 0.05) is 25.8 Å². The van der Waals surface area contributed by atoms with Gasteiger partial charge in [0.1, 0.15) is 5.75 Å². The molecule has 0 aliphatic heterocycles. The van der Waals surface area contributed by atoms with Gasteiger partial charge in [0.25, 0.3) is 5.91 Å². The number of anilines is 1. The van der Waals surface area contributed by atoms with Gasteiger partial charge in [0.15, 0.2) is 6.61 Å². The van der Waals surface area contributed by atoms with E-state index in [1.807, 2.05) is 13.8 Å². The van der Waals surface area contributed by atoms with E-state index in [0.29, 0.717) is 11.4 Å². The number of hydrogen-bond acceptors (Lipinski definition) is 5. The zero-order valence-electron chi connectivity index (χ0n) is 15.4. The molecular weight excluding hydrogens is 360 g/mol. The maximum absolute atomic E-state index is 11.9. The molecule has 146 valence electrons. The highest BCUT2D eigenvalue weighted by atomic mass is 35.5. The summed E-state index contributed by atoms with van der Waals surface area (Å²) in [5.74, 6) is -0.477. The summed E-state index contributed by atoms with van der Waals surface area (Å²) in [4.78, 5) is 36.6. The van der Waals surface area contributed by atoms with Crippen LogP contribution in [0.2, 0.25) is 0 Å². The molecule has 0 heterocycles. The van der Waals surface area contributed by atoms with Crippen molar-refractivity contribution in [2.24, 2.45) is 11.7 Å². The Morgan fingerprint density at radius 1 is 1.23 bits per heavy atom. The van der Waals surface area contributed by atoms with E-state index in [2.05, 4.69) is 10.6 Å². The summed E-state index contributed by atoms with van der Waals surface area (Å²) < 4.78 is 5.38. The highest BCUT2D eigenvalue weighted by Crippen LogP contribution is 2.17. The number of carbonyl (C=O) groups is 3. The lowest BCUT2D eigenvalue weighted by molar-refractivity contribution is -0.130. The number of halogens is 1. The van der Waals surface area contributed by atoms with Gasteiger partial charge in [-0.25, -0.2) is 0 Å². The highest BCUT2D eigenvalue weighted by molar-refractivity contribution is 5.95. The fourth-order valence-corrected chi connectivity index (χ4v) is 1.73. The highest BCUT2D eigenvalue weighted by Gasteiger charge is 2.17. The van der Waals surface area contributed by atoms with Crippen LogP contribution in [0.15, 0.2) is 24.3 Å². The number of nitrogens with one attached hydrogen (secondary N) is 2. The molecule has 0 aliphatic rings. The van der Waals surface area contributed by atoms with E-state index >= 15 is 0 Å². The van der Waals surface area contributed by atoms with Gasteiger partial charge in [-0.1, -0.05) is 19.9 Å². The van der Waals surface area contributed by atoms with Crippen LogP contribution in [0, 0.1) is 5.92 Å². The minimum absolute atomic E-state index is 0. The second-order valence-corrected chi connectivity index (χ2v) is 6.14. The van der Waals surface area contributed by atoms with E-state index in [-0.39, 0.29) is 49.2 Å². The lowest BCUT2D eigenvalue weighted by Gasteiger charge is -2.15. The van der Waals surface area contributed by atoms with Crippen LogP contribution < -0.4 is 21.1 Å². The summed E-state index contributed by atoms with van der Waals surface area (Å²) in [6.07, 6.45) is 0. The largest absolute Gasteiger partial charge is 0.484 e. The van der Waals surface area contributed by atoms with Gasteiger partial charge in [-0.2, -0.15) is 0 Å². The number of hydrogen-bond donors (Lipinski definition) is 3. The molecule has 1 atom stereocenters. The van der Waals surface area contributed by atoms with E-state index in [0.717, 1.165) is 0 Å². The van der Waals surface area contributed by atoms with Crippen LogP contribution in [0.25, 0.3) is 0 Å². The molecule has 0 fully saturated rings. The van der Waals surface area contributed by atoms with Crippen molar-refractivity contribution in [3.05, 3.63) is 24.3 Å². The van der Waals surface area contributed by atoms with E-state index in [1.54, 1.807) is 38.4 Å². The lowest BCUT2D eigenvalue weighted by atomic mass is 10.1. The minimum Gasteiger partial charge on any atom is -0.484 e. The van der Waals surface area contributed by atoms with Gasteiger partial charge in [-0.05, 0) is 18.1 Å². The second-order valence-electron chi connectivity index (χ2n) is 6.14. The van der Waals surface area contributed by atoms with Crippen molar-refractivity contribution < 1.29 is 19.1 Å². The van der Waals surface area contributed by atoms with Crippen molar-refractivity contribution in [1.82, 2.24) is 10.2 Å². The van der Waals surface area contributed by atoms with Gasteiger partial charge in [-0.15, -0.1) is 12.4 Å². The number of likely N-dealkylation sites (N-methyl/N-ethyl adjacent to an activating group) is 1. The van der Waals surface area contributed by atoms with Crippen molar-refractivity contribution in [2.75, 3.05) is 32.6 Å². The molecule has 0 unspecified atom stereocenters. The van der Waals surface area contributed by atoms with E-state index in [4.69, 9.17) is 10.5 Å². The summed E-state index contributed by atoms with van der Waals surface area (Å²) in [5, 5.41) is 5.14. The van der Waals surface area contributed by atoms with Crippen LogP contribution >= 0.6 is 12.4 Å². The predicted octanol–water partition coefficient (Wildman–Crippen LogP) is 0.613. The third kappa shape index (κ3) is 8.17. The van der Waals surface area contributed by atoms with Crippen molar-refractivity contribution in [3.63, 3.8) is 0 Å². The lowest BCUT2D eigenvalue weighted by Crippen LogP contribution is -2.46. The Balaban J connectivity index is 0.00000625. The van der Waals surface area contributed by atoms with Crippen LogP contribution in [-0.2, 0) is 14.4 Å². The van der Waals surface area contributed by atoms with Crippen LogP contribution in [0.4, 0.5) is 5.69 Å². The predicted molar refractivity (Wildman–Crippen MR) is 102 cm³/mol. The van der Waals surface area contributed by atoms with Crippen LogP contribution in [0.5, 0.6) is 5.75 Å². The molecule has 0 saturated heterocycles. The number of ether oxygens (including phenoxy) is 1. The Morgan fingerprint density at radius 3 is 2.46 bits per heavy atom. The van der Waals surface area contributed by atoms with Gasteiger partial charge >= 0.3 is 0 Å². The fourth-order valence-electron chi connectivity index (χ4n) is 1.73. The first-order valence-corrected chi connectivity index (χ1v) is 7.97. The first kappa shape index (κ1) is 23.7. The standard InChI is InChI=1S/C17H26N4O4.ClH/c1-11(2)16(18)17(24)19-9-14(22)20-12-6-5-7-13(8-12)25-10-15(23)21(3)4;/h5-8,11,16H,9-10,18H2,1-4H3,(H,19,24)(H,20,22);1H/t16-;/m0./s1. The van der Waals surface area contributed by atoms with Gasteiger partial charge < -0.3 is 26.0 Å². The second kappa shape index (κ2) is 11.3. The molecule has 9 heteroatoms. The van der Waals surface area contributed by atoms with Gasteiger partial charge in [0.2, 0.25) is 11.8 Å². The van der Waals surface area contributed by atoms with Crippen LogP contribution in [-0.4, -0.2) is 55.9 Å². The normalized spacial score (nSPS) is 11.2. The molecule has 0 spiro atoms. The number of carbonyl (C=O) groups excluding carboxylic acids is 3. The van der Waals surface area contributed by atoms with Crippen molar-refractivity contribution in [2.45, 2.75) is 19.9 Å². The molecular formula is C17H27ClN4O4. The maximum Gasteiger partial charge on any atom is 0.259 e. The Labute approximate surface area is 159 Å². The van der Waals surface area contributed by atoms with Gasteiger partial charge in [0.05, 0.1) is 12.6 Å². The average Bonchev–Trinajstić information content (AvgIpc) is 2.56. The SMILES string of the molecule is CC(C)[C@H](N)C(=O)NCC(=O)Nc1cccc(OCC(=O)N(C)C)c1.Cl. The van der Waals surface area contributed by atoms with E-state index in [1.165, 1.54) is 4.90 Å². The molecule has 3 amide bonds. The summed E-state index contributed by atoms with van der Waals surface area (Å²) in [6.45, 7) is 3.39. The number of benzene rings is 1. The molecule has 1 aromatic carbocycles. The Morgan fingerprint density at radius 2 is 1.88 bits per heavy atom. The monoisotopic (exact) mass is 386 g/mol. The van der Waals surface area contributed by atoms with E-state index in [9.17, 15) is 14.4 Å². The molecule has 4 N–H and O–H groups in total. The smallest absolute Gasteiger partial charge is 0.259 e. The molecule has 0 aliphatic carbocycles. The first-order valence-electron chi connectivity index (χ1n) is 7.97. The number of nitrogens with two attached hydrogens (primary N) is 1. The molecule has 0 saturated carbocycles. The number of rotatable bonds is 8. The maximum atomic E-state index is 11.9. The Hall–Kier alpha value is -2.32. The third-order valence-corrected chi connectivity index (χ3v) is 3.42. The number of nitrogens with zero attached hydrogens (tertiary/aromatic N) is 1. The first-order chi connectivity index (χ1) is 11.7. The molecule has 1 aromatic rings. The number of amides is 3. The molecule has 0 bridgehead atoms. The van der Waals surface area contributed by atoms with Gasteiger partial charge in [-0.3, -0.25) is 14.4 Å². The van der Waals surface area contributed by atoms with Crippen molar-refractivity contribution in [1.29, 1.82) is 0 Å². The zero-order valence-corrected chi connectivity index (χ0v) is 16.3. The zero-order chi connectivity index (χ0) is 19.0. The Bertz CT molecular complexity index is 623.